The maximum Gasteiger partial charge on any atom is 0.0644 e. The Kier molecular flexibility index (Phi) is 5.25. The number of nitrogens with one attached hydrogen (secondary N) is 1. The molecule has 0 atom stereocenters. The highest BCUT2D eigenvalue weighted by molar-refractivity contribution is 6.31. The molecule has 0 aliphatic heterocycles. The molecular formula is C19H23ClN2. The van der Waals surface area contributed by atoms with Crippen molar-refractivity contribution in [1.82, 2.24) is 5.43 Å². The van der Waals surface area contributed by atoms with E-state index in [2.05, 4.69) is 55.6 Å². The van der Waals surface area contributed by atoms with E-state index in [0.29, 0.717) is 6.54 Å². The second kappa shape index (κ2) is 6.97. The second-order valence-corrected chi connectivity index (χ2v) is 6.86. The highest BCUT2D eigenvalue weighted by Crippen LogP contribution is 2.22. The number of hydrogen-bond donors (Lipinski definition) is 1. The zero-order chi connectivity index (χ0) is 16.2. The Bertz CT molecular complexity index is 652. The van der Waals surface area contributed by atoms with E-state index >= 15 is 0 Å². The summed E-state index contributed by atoms with van der Waals surface area (Å²) in [4.78, 5) is 0. The summed E-state index contributed by atoms with van der Waals surface area (Å²) in [6.45, 7) is 9.28. The average Bonchev–Trinajstić information content (AvgIpc) is 2.48. The molecule has 2 aromatic rings. The lowest BCUT2D eigenvalue weighted by Gasteiger charge is -2.19. The lowest BCUT2D eigenvalue weighted by Crippen LogP contribution is -2.12. The molecule has 0 unspecified atom stereocenters. The lowest BCUT2D eigenvalue weighted by atomic mass is 9.86. The van der Waals surface area contributed by atoms with E-state index in [0.717, 1.165) is 21.9 Å². The topological polar surface area (TPSA) is 24.4 Å². The van der Waals surface area contributed by atoms with Crippen molar-refractivity contribution in [1.29, 1.82) is 0 Å². The molecule has 2 rings (SSSR count). The van der Waals surface area contributed by atoms with Crippen LogP contribution in [0.15, 0.2) is 53.6 Å². The lowest BCUT2D eigenvalue weighted by molar-refractivity contribution is 0.590. The number of hydrazone groups is 1. The van der Waals surface area contributed by atoms with Crippen molar-refractivity contribution < 1.29 is 0 Å². The van der Waals surface area contributed by atoms with Gasteiger partial charge in [0.2, 0.25) is 0 Å². The minimum Gasteiger partial charge on any atom is -0.305 e. The van der Waals surface area contributed by atoms with Gasteiger partial charge in [-0.2, -0.15) is 5.10 Å². The summed E-state index contributed by atoms with van der Waals surface area (Å²) < 4.78 is 0. The standard InChI is InChI=1S/C19H23ClN2/c1-14(15-9-11-17(12-10-15)19(2,3)4)22-21-13-16-7-5-6-8-18(16)20/h5-12,21H,13H2,1-4H3/b22-14-. The molecule has 0 fully saturated rings. The zero-order valence-corrected chi connectivity index (χ0v) is 14.4. The molecule has 2 aromatic carbocycles. The predicted molar refractivity (Wildman–Crippen MR) is 95.6 cm³/mol. The molecule has 0 saturated carbocycles. The van der Waals surface area contributed by atoms with Crippen LogP contribution in [0.5, 0.6) is 0 Å². The van der Waals surface area contributed by atoms with E-state index < -0.39 is 0 Å². The van der Waals surface area contributed by atoms with E-state index in [-0.39, 0.29) is 5.41 Å². The molecule has 0 aromatic heterocycles. The third-order valence-electron chi connectivity index (χ3n) is 3.64. The van der Waals surface area contributed by atoms with Gasteiger partial charge >= 0.3 is 0 Å². The third kappa shape index (κ3) is 4.35. The van der Waals surface area contributed by atoms with Crippen LogP contribution in [0.25, 0.3) is 0 Å². The van der Waals surface area contributed by atoms with E-state index in [4.69, 9.17) is 11.6 Å². The van der Waals surface area contributed by atoms with E-state index in [1.807, 2.05) is 31.2 Å². The number of rotatable bonds is 4. The fourth-order valence-corrected chi connectivity index (χ4v) is 2.36. The Hall–Kier alpha value is -1.80. The van der Waals surface area contributed by atoms with Crippen LogP contribution >= 0.6 is 11.6 Å². The minimum atomic E-state index is 0.173. The zero-order valence-electron chi connectivity index (χ0n) is 13.7. The van der Waals surface area contributed by atoms with Crippen molar-refractivity contribution in [2.45, 2.75) is 39.7 Å². The Labute approximate surface area is 138 Å². The number of benzene rings is 2. The first-order valence-corrected chi connectivity index (χ1v) is 7.87. The Morgan fingerprint density at radius 1 is 1.05 bits per heavy atom. The first-order valence-electron chi connectivity index (χ1n) is 7.49. The smallest absolute Gasteiger partial charge is 0.0644 e. The maximum atomic E-state index is 6.13. The van der Waals surface area contributed by atoms with Gasteiger partial charge in [0.05, 0.1) is 12.3 Å². The highest BCUT2D eigenvalue weighted by Gasteiger charge is 2.13. The summed E-state index contributed by atoms with van der Waals surface area (Å²) in [5, 5.41) is 5.19. The van der Waals surface area contributed by atoms with E-state index in [9.17, 15) is 0 Å². The van der Waals surface area contributed by atoms with Crippen LogP contribution in [-0.2, 0) is 12.0 Å². The molecule has 0 bridgehead atoms. The second-order valence-electron chi connectivity index (χ2n) is 6.45. The SMILES string of the molecule is C/C(=N/NCc1ccccc1Cl)c1ccc(C(C)(C)C)cc1. The van der Waals surface area contributed by atoms with Gasteiger partial charge in [0, 0.05) is 5.02 Å². The van der Waals surface area contributed by atoms with Gasteiger partial charge in [-0.3, -0.25) is 0 Å². The van der Waals surface area contributed by atoms with Gasteiger partial charge in [-0.05, 0) is 35.1 Å². The van der Waals surface area contributed by atoms with Gasteiger partial charge in [0.1, 0.15) is 0 Å². The highest BCUT2D eigenvalue weighted by atomic mass is 35.5. The molecule has 3 heteroatoms. The summed E-state index contributed by atoms with van der Waals surface area (Å²) in [7, 11) is 0. The van der Waals surface area contributed by atoms with E-state index in [1.165, 1.54) is 5.56 Å². The van der Waals surface area contributed by atoms with Crippen molar-refractivity contribution in [2.24, 2.45) is 5.10 Å². The molecule has 0 aliphatic carbocycles. The van der Waals surface area contributed by atoms with Crippen molar-refractivity contribution in [3.05, 3.63) is 70.2 Å². The van der Waals surface area contributed by atoms with Crippen molar-refractivity contribution >= 4 is 17.3 Å². The van der Waals surface area contributed by atoms with Crippen LogP contribution in [0, 0.1) is 0 Å². The Morgan fingerprint density at radius 3 is 2.27 bits per heavy atom. The van der Waals surface area contributed by atoms with Crippen LogP contribution in [0.3, 0.4) is 0 Å². The fourth-order valence-electron chi connectivity index (χ4n) is 2.16. The summed E-state index contributed by atoms with van der Waals surface area (Å²) in [5.41, 5.74) is 7.72. The molecule has 22 heavy (non-hydrogen) atoms. The first-order chi connectivity index (χ1) is 10.4. The summed E-state index contributed by atoms with van der Waals surface area (Å²) in [6.07, 6.45) is 0. The molecule has 0 saturated heterocycles. The molecular weight excluding hydrogens is 292 g/mol. The van der Waals surface area contributed by atoms with Gasteiger partial charge < -0.3 is 5.43 Å². The maximum absolute atomic E-state index is 6.13. The first kappa shape index (κ1) is 16.6. The molecule has 0 heterocycles. The average molecular weight is 315 g/mol. The van der Waals surface area contributed by atoms with Crippen LogP contribution in [0.4, 0.5) is 0 Å². The van der Waals surface area contributed by atoms with Crippen molar-refractivity contribution in [3.63, 3.8) is 0 Å². The summed E-state index contributed by atoms with van der Waals surface area (Å²) in [5.74, 6) is 0. The molecule has 1 N–H and O–H groups in total. The fraction of sp³-hybridized carbons (Fsp3) is 0.316. The summed E-state index contributed by atoms with van der Waals surface area (Å²) in [6, 6.07) is 16.4. The van der Waals surface area contributed by atoms with Crippen molar-refractivity contribution in [3.8, 4) is 0 Å². The Morgan fingerprint density at radius 2 is 1.68 bits per heavy atom. The van der Waals surface area contributed by atoms with Gasteiger partial charge in [0.25, 0.3) is 0 Å². The largest absolute Gasteiger partial charge is 0.305 e. The van der Waals surface area contributed by atoms with Crippen molar-refractivity contribution in [2.75, 3.05) is 0 Å². The van der Waals surface area contributed by atoms with Gasteiger partial charge in [-0.1, -0.05) is 74.8 Å². The van der Waals surface area contributed by atoms with Crippen LogP contribution < -0.4 is 5.43 Å². The predicted octanol–water partition coefficient (Wildman–Crippen LogP) is 5.15. The molecule has 2 nitrogen and oxygen atoms in total. The van der Waals surface area contributed by atoms with Crippen LogP contribution in [0.1, 0.15) is 44.4 Å². The molecule has 0 spiro atoms. The number of halogens is 1. The number of hydrogen-bond acceptors (Lipinski definition) is 2. The Balaban J connectivity index is 2.02. The monoisotopic (exact) mass is 314 g/mol. The molecule has 116 valence electrons. The minimum absolute atomic E-state index is 0.173. The quantitative estimate of drug-likeness (QED) is 0.612. The number of nitrogens with zero attached hydrogens (tertiary/aromatic N) is 1. The van der Waals surface area contributed by atoms with E-state index in [1.54, 1.807) is 0 Å². The van der Waals surface area contributed by atoms with Gasteiger partial charge in [-0.25, -0.2) is 0 Å². The van der Waals surface area contributed by atoms with Gasteiger partial charge in [0.15, 0.2) is 0 Å². The van der Waals surface area contributed by atoms with Crippen LogP contribution in [0.2, 0.25) is 5.02 Å². The normalized spacial score (nSPS) is 12.3. The molecule has 0 radical (unpaired) electrons. The third-order valence-corrected chi connectivity index (χ3v) is 4.01. The summed E-state index contributed by atoms with van der Waals surface area (Å²) >= 11 is 6.13. The molecule has 0 amide bonds. The molecule has 0 aliphatic rings. The van der Waals surface area contributed by atoms with Gasteiger partial charge in [-0.15, -0.1) is 0 Å². The van der Waals surface area contributed by atoms with Crippen LogP contribution in [-0.4, -0.2) is 5.71 Å².